The molecule has 4 aromatic rings. The summed E-state index contributed by atoms with van der Waals surface area (Å²) in [5.74, 6) is 0. The first-order valence-corrected chi connectivity index (χ1v) is 10.5. The molecule has 0 saturated heterocycles. The number of hydrogen-bond donors (Lipinski definition) is 0. The molecule has 0 amide bonds. The second-order valence-electron chi connectivity index (χ2n) is 6.24. The molecule has 0 radical (unpaired) electrons. The van der Waals surface area contributed by atoms with Crippen molar-refractivity contribution in [2.45, 2.75) is 0 Å². The van der Waals surface area contributed by atoms with Gasteiger partial charge in [0.1, 0.15) is 16.3 Å². The minimum atomic E-state index is -0.249. The van der Waals surface area contributed by atoms with Crippen LogP contribution in [0.15, 0.2) is 77.7 Å². The van der Waals surface area contributed by atoms with E-state index in [2.05, 4.69) is 11.1 Å². The molecule has 2 heterocycles. The fraction of sp³-hybridized carbons (Fsp3) is 0. The molecule has 146 valence electrons. The summed E-state index contributed by atoms with van der Waals surface area (Å²) in [6.07, 6.45) is 3.31. The van der Waals surface area contributed by atoms with Crippen molar-refractivity contribution >= 4 is 46.2 Å². The van der Waals surface area contributed by atoms with E-state index in [4.69, 9.17) is 23.2 Å². The summed E-state index contributed by atoms with van der Waals surface area (Å²) in [5, 5.41) is 10.7. The monoisotopic (exact) mass is 449 g/mol. The molecule has 0 unspecified atom stereocenters. The van der Waals surface area contributed by atoms with Gasteiger partial charge < -0.3 is 0 Å². The maximum atomic E-state index is 13.4. The predicted molar refractivity (Wildman–Crippen MR) is 122 cm³/mol. The summed E-state index contributed by atoms with van der Waals surface area (Å²) >= 11 is 13.6. The van der Waals surface area contributed by atoms with Gasteiger partial charge in [-0.15, -0.1) is 11.3 Å². The first-order valence-electron chi connectivity index (χ1n) is 8.89. The molecule has 0 saturated carbocycles. The van der Waals surface area contributed by atoms with Crippen LogP contribution in [0, 0.1) is 11.3 Å². The van der Waals surface area contributed by atoms with Gasteiger partial charge in [-0.3, -0.25) is 14.3 Å². The number of rotatable bonds is 3. The van der Waals surface area contributed by atoms with Crippen LogP contribution in [-0.4, -0.2) is 9.55 Å². The van der Waals surface area contributed by atoms with Crippen LogP contribution in [0.2, 0.25) is 10.0 Å². The standard InChI is InChI=1S/C23H13Cl2N3OS/c24-18-10-6-7-15(21(18)25)13-20-22(29)28(16-8-2-1-3-9-16)23(30-20)17(14-26)19-11-4-5-12-27-19/h1-13H/b20-13-,23-17-. The van der Waals surface area contributed by atoms with E-state index in [0.717, 1.165) is 0 Å². The van der Waals surface area contributed by atoms with Crippen LogP contribution in [0.1, 0.15) is 11.3 Å². The lowest BCUT2D eigenvalue weighted by molar-refractivity contribution is 0.985. The topological polar surface area (TPSA) is 58.7 Å². The average molecular weight is 450 g/mol. The van der Waals surface area contributed by atoms with Gasteiger partial charge in [0, 0.05) is 6.20 Å². The van der Waals surface area contributed by atoms with Crippen molar-refractivity contribution in [1.29, 1.82) is 5.26 Å². The van der Waals surface area contributed by atoms with E-state index in [1.54, 1.807) is 48.7 Å². The fourth-order valence-corrected chi connectivity index (χ4v) is 4.43. The highest BCUT2D eigenvalue weighted by Gasteiger charge is 2.14. The van der Waals surface area contributed by atoms with Crippen LogP contribution in [0.25, 0.3) is 17.3 Å². The Balaban J connectivity index is 2.12. The van der Waals surface area contributed by atoms with Gasteiger partial charge in [-0.05, 0) is 42.0 Å². The second kappa shape index (κ2) is 8.68. The SMILES string of the molecule is N#C/C(c1ccccn1)=c1/s/c(=C\c2cccc(Cl)c2Cl)c(=O)n1-c1ccccc1. The number of pyridine rings is 1. The van der Waals surface area contributed by atoms with Gasteiger partial charge in [-0.25, -0.2) is 0 Å². The molecule has 0 aliphatic rings. The maximum absolute atomic E-state index is 13.4. The van der Waals surface area contributed by atoms with Crippen molar-refractivity contribution in [3.05, 3.63) is 114 Å². The van der Waals surface area contributed by atoms with E-state index in [0.29, 0.717) is 41.8 Å². The van der Waals surface area contributed by atoms with Crippen molar-refractivity contribution < 1.29 is 0 Å². The van der Waals surface area contributed by atoms with E-state index in [-0.39, 0.29) is 5.56 Å². The van der Waals surface area contributed by atoms with Crippen molar-refractivity contribution in [3.63, 3.8) is 0 Å². The Kier molecular flexibility index (Phi) is 5.82. The Morgan fingerprint density at radius 2 is 1.80 bits per heavy atom. The van der Waals surface area contributed by atoms with Crippen LogP contribution < -0.4 is 14.8 Å². The van der Waals surface area contributed by atoms with Crippen LogP contribution in [0.3, 0.4) is 0 Å². The lowest BCUT2D eigenvalue weighted by atomic mass is 10.2. The highest BCUT2D eigenvalue weighted by atomic mass is 35.5. The lowest BCUT2D eigenvalue weighted by Gasteiger charge is -2.03. The third-order valence-corrected chi connectivity index (χ3v) is 6.28. The molecule has 4 nitrogen and oxygen atoms in total. The Labute approximate surface area is 186 Å². The molecular weight excluding hydrogens is 437 g/mol. The third kappa shape index (κ3) is 3.81. The highest BCUT2D eigenvalue weighted by Crippen LogP contribution is 2.25. The maximum Gasteiger partial charge on any atom is 0.273 e. The number of para-hydroxylation sites is 1. The van der Waals surface area contributed by atoms with Crippen LogP contribution in [0.4, 0.5) is 0 Å². The number of halogens is 2. The van der Waals surface area contributed by atoms with Gasteiger partial charge in [0.05, 0.1) is 26.0 Å². The summed E-state index contributed by atoms with van der Waals surface area (Å²) in [5.41, 5.74) is 1.86. The van der Waals surface area contributed by atoms with E-state index in [1.807, 2.05) is 30.3 Å². The van der Waals surface area contributed by atoms with E-state index in [1.165, 1.54) is 15.9 Å². The van der Waals surface area contributed by atoms with Gasteiger partial charge >= 0.3 is 0 Å². The van der Waals surface area contributed by atoms with Crippen LogP contribution in [0.5, 0.6) is 0 Å². The second-order valence-corrected chi connectivity index (χ2v) is 8.05. The smallest absolute Gasteiger partial charge is 0.267 e. The van der Waals surface area contributed by atoms with E-state index in [9.17, 15) is 10.1 Å². The fourth-order valence-electron chi connectivity index (χ4n) is 2.96. The minimum Gasteiger partial charge on any atom is -0.267 e. The normalized spacial score (nSPS) is 12.5. The molecule has 0 N–H and O–H groups in total. The van der Waals surface area contributed by atoms with Crippen LogP contribution >= 0.6 is 34.5 Å². The molecule has 0 fully saturated rings. The number of aromatic nitrogens is 2. The third-order valence-electron chi connectivity index (χ3n) is 4.35. The van der Waals surface area contributed by atoms with Crippen LogP contribution in [-0.2, 0) is 0 Å². The summed E-state index contributed by atoms with van der Waals surface area (Å²) < 4.78 is 2.46. The van der Waals surface area contributed by atoms with E-state index >= 15 is 0 Å². The zero-order valence-electron chi connectivity index (χ0n) is 15.4. The lowest BCUT2D eigenvalue weighted by Crippen LogP contribution is -2.30. The van der Waals surface area contributed by atoms with Gasteiger partial charge in [-0.1, -0.05) is 59.6 Å². The van der Waals surface area contributed by atoms with Gasteiger partial charge in [0.15, 0.2) is 0 Å². The molecule has 0 atom stereocenters. The molecule has 0 bridgehead atoms. The summed E-state index contributed by atoms with van der Waals surface area (Å²) in [6.45, 7) is 0. The van der Waals surface area contributed by atoms with Crippen molar-refractivity contribution in [3.8, 4) is 11.8 Å². The molecule has 2 aromatic heterocycles. The van der Waals surface area contributed by atoms with Crippen molar-refractivity contribution in [2.24, 2.45) is 0 Å². The summed E-state index contributed by atoms with van der Waals surface area (Å²) in [4.78, 5) is 17.7. The number of hydrogen-bond acceptors (Lipinski definition) is 4. The number of nitrogens with zero attached hydrogens (tertiary/aromatic N) is 3. The Morgan fingerprint density at radius 1 is 1.03 bits per heavy atom. The largest absolute Gasteiger partial charge is 0.273 e. The number of thiazole rings is 1. The minimum absolute atomic E-state index is 0.249. The molecule has 0 spiro atoms. The molecule has 0 aliphatic carbocycles. The highest BCUT2D eigenvalue weighted by molar-refractivity contribution is 7.07. The molecule has 0 aliphatic heterocycles. The van der Waals surface area contributed by atoms with Crippen molar-refractivity contribution in [1.82, 2.24) is 9.55 Å². The number of benzene rings is 2. The quantitative estimate of drug-likeness (QED) is 0.471. The Hall–Kier alpha value is -3.17. The van der Waals surface area contributed by atoms with Gasteiger partial charge in [-0.2, -0.15) is 5.26 Å². The van der Waals surface area contributed by atoms with Crippen molar-refractivity contribution in [2.75, 3.05) is 0 Å². The molecule has 4 rings (SSSR count). The summed E-state index contributed by atoms with van der Waals surface area (Å²) in [7, 11) is 0. The first-order chi connectivity index (χ1) is 14.6. The molecule has 2 aromatic carbocycles. The van der Waals surface area contributed by atoms with Gasteiger partial charge in [0.2, 0.25) is 0 Å². The van der Waals surface area contributed by atoms with E-state index < -0.39 is 0 Å². The Bertz CT molecular complexity index is 1440. The predicted octanol–water partition coefficient (Wildman–Crippen LogP) is 4.15. The average Bonchev–Trinajstić information content (AvgIpc) is 3.09. The zero-order chi connectivity index (χ0) is 21.1. The van der Waals surface area contributed by atoms with Gasteiger partial charge in [0.25, 0.3) is 5.56 Å². The Morgan fingerprint density at radius 3 is 2.50 bits per heavy atom. The summed E-state index contributed by atoms with van der Waals surface area (Å²) in [6, 6.07) is 22.0. The molecule has 7 heteroatoms. The molecule has 30 heavy (non-hydrogen) atoms. The zero-order valence-corrected chi connectivity index (χ0v) is 17.7. The number of nitriles is 1. The first kappa shape index (κ1) is 20.1. The molecular formula is C23H13Cl2N3OS.